The first-order valence-corrected chi connectivity index (χ1v) is 8.27. The minimum atomic E-state index is -0.108. The molecule has 3 rings (SSSR count). The molecule has 1 aliphatic heterocycles. The Labute approximate surface area is 146 Å². The molecule has 134 valence electrons. The molecule has 2 aromatic rings. The Morgan fingerprint density at radius 2 is 2.16 bits per heavy atom. The van der Waals surface area contributed by atoms with Gasteiger partial charge in [0, 0.05) is 13.2 Å². The van der Waals surface area contributed by atoms with Crippen molar-refractivity contribution in [2.45, 2.75) is 32.1 Å². The van der Waals surface area contributed by atoms with Crippen LogP contribution in [0.25, 0.3) is 0 Å². The van der Waals surface area contributed by atoms with Crippen molar-refractivity contribution in [2.24, 2.45) is 0 Å². The Balaban J connectivity index is 1.42. The van der Waals surface area contributed by atoms with Gasteiger partial charge in [-0.15, -0.1) is 5.10 Å². The van der Waals surface area contributed by atoms with E-state index in [0.29, 0.717) is 18.0 Å². The summed E-state index contributed by atoms with van der Waals surface area (Å²) in [5, 5.41) is 10.8. The summed E-state index contributed by atoms with van der Waals surface area (Å²) >= 11 is 0. The van der Waals surface area contributed by atoms with Gasteiger partial charge >= 0.3 is 0 Å². The summed E-state index contributed by atoms with van der Waals surface area (Å²) in [5.74, 6) is 1.37. The van der Waals surface area contributed by atoms with Gasteiger partial charge in [-0.25, -0.2) is 4.68 Å². The lowest BCUT2D eigenvalue weighted by molar-refractivity contribution is -0.122. The average Bonchev–Trinajstić information content (AvgIpc) is 3.30. The highest BCUT2D eigenvalue weighted by Gasteiger charge is 2.16. The molecular weight excluding hydrogens is 324 g/mol. The molecule has 1 aromatic heterocycles. The van der Waals surface area contributed by atoms with Crippen molar-refractivity contribution in [1.82, 2.24) is 20.3 Å². The number of carbonyl (C=O) groups is 1. The third kappa shape index (κ3) is 5.18. The highest BCUT2D eigenvalue weighted by molar-refractivity contribution is 5.75. The molecule has 1 aliphatic rings. The van der Waals surface area contributed by atoms with E-state index in [0.717, 1.165) is 25.2 Å². The van der Waals surface area contributed by atoms with Crippen molar-refractivity contribution < 1.29 is 19.0 Å². The highest BCUT2D eigenvalue weighted by Crippen LogP contribution is 2.17. The number of methoxy groups -OCH3 is 1. The fraction of sp³-hybridized carbons (Fsp3) is 0.471. The van der Waals surface area contributed by atoms with E-state index in [1.807, 2.05) is 24.3 Å². The lowest BCUT2D eigenvalue weighted by Crippen LogP contribution is -2.34. The van der Waals surface area contributed by atoms with Crippen LogP contribution < -0.4 is 14.8 Å². The van der Waals surface area contributed by atoms with Crippen molar-refractivity contribution in [1.29, 1.82) is 0 Å². The summed E-state index contributed by atoms with van der Waals surface area (Å²) in [4.78, 5) is 11.9. The number of benzene rings is 1. The highest BCUT2D eigenvalue weighted by atomic mass is 16.5. The molecule has 0 bridgehead atoms. The Bertz CT molecular complexity index is 680. The van der Waals surface area contributed by atoms with Gasteiger partial charge in [0.05, 0.1) is 19.4 Å². The number of amides is 1. The van der Waals surface area contributed by atoms with Gasteiger partial charge in [-0.3, -0.25) is 4.79 Å². The van der Waals surface area contributed by atoms with Gasteiger partial charge in [0.1, 0.15) is 30.3 Å². The molecule has 25 heavy (non-hydrogen) atoms. The zero-order valence-corrected chi connectivity index (χ0v) is 14.2. The fourth-order valence-electron chi connectivity index (χ4n) is 2.55. The van der Waals surface area contributed by atoms with Crippen molar-refractivity contribution in [3.8, 4) is 11.5 Å². The Hall–Kier alpha value is -2.61. The van der Waals surface area contributed by atoms with Crippen LogP contribution in [0.5, 0.6) is 11.5 Å². The fourth-order valence-corrected chi connectivity index (χ4v) is 2.55. The topological polar surface area (TPSA) is 87.5 Å². The number of rotatable bonds is 8. The number of aromatic nitrogens is 3. The van der Waals surface area contributed by atoms with Crippen LogP contribution in [-0.4, -0.2) is 47.3 Å². The first-order valence-electron chi connectivity index (χ1n) is 8.27. The van der Waals surface area contributed by atoms with E-state index in [4.69, 9.17) is 14.2 Å². The van der Waals surface area contributed by atoms with E-state index < -0.39 is 0 Å². The molecule has 1 saturated heterocycles. The van der Waals surface area contributed by atoms with Crippen LogP contribution in [0.15, 0.2) is 30.5 Å². The molecule has 0 aliphatic carbocycles. The molecule has 0 radical (unpaired) electrons. The predicted molar refractivity (Wildman–Crippen MR) is 89.3 cm³/mol. The Kier molecular flexibility index (Phi) is 5.84. The smallest absolute Gasteiger partial charge is 0.241 e. The zero-order chi connectivity index (χ0) is 17.5. The van der Waals surface area contributed by atoms with Crippen LogP contribution in [0.4, 0.5) is 0 Å². The molecule has 1 fully saturated rings. The number of carbonyl (C=O) groups excluding carboxylic acids is 1. The summed E-state index contributed by atoms with van der Waals surface area (Å²) in [6.45, 7) is 1.73. The maximum absolute atomic E-state index is 11.9. The van der Waals surface area contributed by atoms with Gasteiger partial charge < -0.3 is 19.5 Å². The number of nitrogens with one attached hydrogen (secondary N) is 1. The first kappa shape index (κ1) is 17.2. The maximum Gasteiger partial charge on any atom is 0.241 e. The second-order valence-corrected chi connectivity index (χ2v) is 5.81. The van der Waals surface area contributed by atoms with Gasteiger partial charge in [-0.1, -0.05) is 5.21 Å². The van der Waals surface area contributed by atoms with Crippen LogP contribution in [-0.2, 0) is 22.7 Å². The molecule has 0 saturated carbocycles. The number of hydrogen-bond donors (Lipinski definition) is 1. The molecule has 1 N–H and O–H groups in total. The quantitative estimate of drug-likeness (QED) is 0.772. The molecule has 8 heteroatoms. The van der Waals surface area contributed by atoms with Gasteiger partial charge in [-0.05, 0) is 37.1 Å². The summed E-state index contributed by atoms with van der Waals surface area (Å²) in [5.41, 5.74) is 0.655. The minimum Gasteiger partial charge on any atom is -0.497 e. The summed E-state index contributed by atoms with van der Waals surface area (Å²) in [6.07, 6.45) is 3.89. The summed E-state index contributed by atoms with van der Waals surface area (Å²) < 4.78 is 17.7. The van der Waals surface area contributed by atoms with Crippen molar-refractivity contribution in [2.75, 3.05) is 20.3 Å². The van der Waals surface area contributed by atoms with Crippen molar-refractivity contribution in [3.63, 3.8) is 0 Å². The van der Waals surface area contributed by atoms with E-state index in [1.54, 1.807) is 13.3 Å². The number of hydrogen-bond acceptors (Lipinski definition) is 6. The normalized spacial score (nSPS) is 16.6. The van der Waals surface area contributed by atoms with Gasteiger partial charge in [-0.2, -0.15) is 0 Å². The van der Waals surface area contributed by atoms with Crippen LogP contribution in [0, 0.1) is 0 Å². The minimum absolute atomic E-state index is 0.108. The van der Waals surface area contributed by atoms with Gasteiger partial charge in [0.2, 0.25) is 5.91 Å². The lowest BCUT2D eigenvalue weighted by atomic mass is 10.2. The van der Waals surface area contributed by atoms with Crippen LogP contribution >= 0.6 is 0 Å². The second-order valence-electron chi connectivity index (χ2n) is 5.81. The third-order valence-corrected chi connectivity index (χ3v) is 3.89. The number of nitrogens with zero attached hydrogens (tertiary/aromatic N) is 3. The molecule has 1 aromatic carbocycles. The van der Waals surface area contributed by atoms with Crippen LogP contribution in [0.2, 0.25) is 0 Å². The van der Waals surface area contributed by atoms with Gasteiger partial charge in [0.25, 0.3) is 0 Å². The van der Waals surface area contributed by atoms with Crippen molar-refractivity contribution in [3.05, 3.63) is 36.2 Å². The number of ether oxygens (including phenoxy) is 3. The lowest BCUT2D eigenvalue weighted by Gasteiger charge is -2.10. The van der Waals surface area contributed by atoms with Crippen LogP contribution in [0.3, 0.4) is 0 Å². The first-order chi connectivity index (χ1) is 12.2. The molecule has 0 spiro atoms. The maximum atomic E-state index is 11.9. The second kappa shape index (κ2) is 8.48. The molecule has 0 unspecified atom stereocenters. The van der Waals surface area contributed by atoms with E-state index in [2.05, 4.69) is 15.6 Å². The molecular formula is C17H22N4O4. The summed E-state index contributed by atoms with van der Waals surface area (Å²) in [7, 11) is 1.62. The molecule has 1 atom stereocenters. The predicted octanol–water partition coefficient (Wildman–Crippen LogP) is 1.16. The van der Waals surface area contributed by atoms with E-state index >= 15 is 0 Å². The molecule has 1 amide bonds. The SMILES string of the molecule is COc1ccc(OCc2cn(CC(=O)NC[C@@H]3CCCO3)nn2)cc1. The van der Waals surface area contributed by atoms with Crippen molar-refractivity contribution >= 4 is 5.91 Å². The third-order valence-electron chi connectivity index (χ3n) is 3.89. The standard InChI is InChI=1S/C17H22N4O4/c1-23-14-4-6-15(7-5-14)25-12-13-10-21(20-19-13)11-17(22)18-9-16-3-2-8-24-16/h4-7,10,16H,2-3,8-9,11-12H2,1H3,(H,18,22)/t16-/m0/s1. The molecule has 8 nitrogen and oxygen atoms in total. The van der Waals surface area contributed by atoms with E-state index in [1.165, 1.54) is 4.68 Å². The zero-order valence-electron chi connectivity index (χ0n) is 14.2. The Morgan fingerprint density at radius 1 is 1.36 bits per heavy atom. The average molecular weight is 346 g/mol. The largest absolute Gasteiger partial charge is 0.497 e. The van der Waals surface area contributed by atoms with Crippen LogP contribution in [0.1, 0.15) is 18.5 Å². The van der Waals surface area contributed by atoms with Gasteiger partial charge in [0.15, 0.2) is 0 Å². The monoisotopic (exact) mass is 346 g/mol. The molecule has 2 heterocycles. The summed E-state index contributed by atoms with van der Waals surface area (Å²) in [6, 6.07) is 7.29. The van der Waals surface area contributed by atoms with E-state index in [-0.39, 0.29) is 25.2 Å². The van der Waals surface area contributed by atoms with E-state index in [9.17, 15) is 4.79 Å². The Morgan fingerprint density at radius 3 is 2.88 bits per heavy atom.